The van der Waals surface area contributed by atoms with Gasteiger partial charge in [-0.1, -0.05) is 6.07 Å². The number of carbonyl (C=O) groups excluding carboxylic acids is 1. The molecule has 2 rings (SSSR count). The second-order valence-electron chi connectivity index (χ2n) is 6.72. The Balaban J connectivity index is 1.86. The maximum Gasteiger partial charge on any atom is 0.319 e. The summed E-state index contributed by atoms with van der Waals surface area (Å²) < 4.78 is 0. The van der Waals surface area contributed by atoms with Crippen LogP contribution in [0, 0.1) is 10.1 Å². The summed E-state index contributed by atoms with van der Waals surface area (Å²) >= 11 is 0. The molecule has 1 aromatic carbocycles. The van der Waals surface area contributed by atoms with Crippen molar-refractivity contribution >= 4 is 17.4 Å². The topological polar surface area (TPSA) is 90.8 Å². The lowest BCUT2D eigenvalue weighted by molar-refractivity contribution is -0.384. The summed E-state index contributed by atoms with van der Waals surface area (Å²) in [7, 11) is 2.11. The molecule has 2 N–H and O–H groups in total. The molecular weight excluding hydrogens is 310 g/mol. The van der Waals surface area contributed by atoms with Crippen LogP contribution in [0.25, 0.3) is 0 Å². The first-order valence-corrected chi connectivity index (χ1v) is 8.01. The van der Waals surface area contributed by atoms with Gasteiger partial charge in [-0.25, -0.2) is 4.79 Å². The SMILES string of the molecule is CN1CCN(C(C)(C)CNC(=O)Nc2cccc([N+](=O)[O-])c2)CC1. The number of hydrogen-bond acceptors (Lipinski definition) is 5. The van der Waals surface area contributed by atoms with E-state index in [1.54, 1.807) is 12.1 Å². The lowest BCUT2D eigenvalue weighted by Gasteiger charge is -2.43. The van der Waals surface area contributed by atoms with Crippen molar-refractivity contribution in [3.63, 3.8) is 0 Å². The zero-order chi connectivity index (χ0) is 17.7. The molecule has 0 spiro atoms. The molecule has 8 heteroatoms. The molecule has 0 aliphatic carbocycles. The molecule has 0 unspecified atom stereocenters. The first-order valence-electron chi connectivity index (χ1n) is 8.01. The Bertz CT molecular complexity index is 597. The summed E-state index contributed by atoms with van der Waals surface area (Å²) in [5, 5.41) is 16.3. The van der Waals surface area contributed by atoms with E-state index in [0.29, 0.717) is 12.2 Å². The van der Waals surface area contributed by atoms with E-state index in [-0.39, 0.29) is 17.3 Å². The van der Waals surface area contributed by atoms with Gasteiger partial charge in [0, 0.05) is 56.1 Å². The molecule has 1 heterocycles. The van der Waals surface area contributed by atoms with Crippen LogP contribution in [0.2, 0.25) is 0 Å². The number of nitrogens with zero attached hydrogens (tertiary/aromatic N) is 3. The fourth-order valence-corrected chi connectivity index (χ4v) is 2.69. The van der Waals surface area contributed by atoms with Gasteiger partial charge in [0.25, 0.3) is 5.69 Å². The molecule has 0 atom stereocenters. The van der Waals surface area contributed by atoms with Crippen LogP contribution in [0.1, 0.15) is 13.8 Å². The predicted octanol–water partition coefficient (Wildman–Crippen LogP) is 1.74. The third-order valence-corrected chi connectivity index (χ3v) is 4.36. The van der Waals surface area contributed by atoms with Crippen molar-refractivity contribution in [2.75, 3.05) is 45.1 Å². The van der Waals surface area contributed by atoms with E-state index in [9.17, 15) is 14.9 Å². The summed E-state index contributed by atoms with van der Waals surface area (Å²) in [5.41, 5.74) is 0.200. The molecule has 0 saturated carbocycles. The van der Waals surface area contributed by atoms with Crippen LogP contribution in [0.15, 0.2) is 24.3 Å². The molecule has 132 valence electrons. The number of nitrogens with one attached hydrogen (secondary N) is 2. The average molecular weight is 335 g/mol. The van der Waals surface area contributed by atoms with Crippen molar-refractivity contribution in [1.29, 1.82) is 0 Å². The van der Waals surface area contributed by atoms with Gasteiger partial charge < -0.3 is 15.5 Å². The van der Waals surface area contributed by atoms with Crippen LogP contribution in [0.5, 0.6) is 0 Å². The second kappa shape index (κ2) is 7.59. The normalized spacial score (nSPS) is 16.6. The maximum absolute atomic E-state index is 12.1. The van der Waals surface area contributed by atoms with E-state index < -0.39 is 4.92 Å². The number of urea groups is 1. The number of rotatable bonds is 5. The van der Waals surface area contributed by atoms with Crippen LogP contribution in [-0.2, 0) is 0 Å². The van der Waals surface area contributed by atoms with E-state index in [0.717, 1.165) is 26.2 Å². The molecule has 24 heavy (non-hydrogen) atoms. The van der Waals surface area contributed by atoms with E-state index >= 15 is 0 Å². The third kappa shape index (κ3) is 4.90. The van der Waals surface area contributed by atoms with Crippen molar-refractivity contribution in [2.45, 2.75) is 19.4 Å². The molecule has 2 amide bonds. The molecule has 1 aliphatic rings. The van der Waals surface area contributed by atoms with Gasteiger partial charge in [-0.2, -0.15) is 0 Å². The van der Waals surface area contributed by atoms with Crippen molar-refractivity contribution in [3.8, 4) is 0 Å². The first kappa shape index (κ1) is 18.2. The summed E-state index contributed by atoms with van der Waals surface area (Å²) in [5.74, 6) is 0. The lowest BCUT2D eigenvalue weighted by atomic mass is 10.0. The van der Waals surface area contributed by atoms with Crippen LogP contribution in [0.4, 0.5) is 16.2 Å². The minimum absolute atomic E-state index is 0.0504. The molecule has 1 aliphatic heterocycles. The monoisotopic (exact) mass is 335 g/mol. The van der Waals surface area contributed by atoms with Gasteiger partial charge in [0.05, 0.1) is 4.92 Å². The number of piperazine rings is 1. The first-order chi connectivity index (χ1) is 11.3. The smallest absolute Gasteiger partial charge is 0.319 e. The third-order valence-electron chi connectivity index (χ3n) is 4.36. The summed E-state index contributed by atoms with van der Waals surface area (Å²) in [6.45, 7) is 8.68. The Morgan fingerprint density at radius 1 is 1.29 bits per heavy atom. The summed E-state index contributed by atoms with van der Waals surface area (Å²) in [6.07, 6.45) is 0. The highest BCUT2D eigenvalue weighted by Gasteiger charge is 2.29. The van der Waals surface area contributed by atoms with Gasteiger partial charge in [-0.3, -0.25) is 15.0 Å². The molecule has 1 aromatic rings. The molecule has 0 radical (unpaired) electrons. The van der Waals surface area contributed by atoms with Gasteiger partial charge in [0.15, 0.2) is 0 Å². The summed E-state index contributed by atoms with van der Waals surface area (Å²) in [4.78, 5) is 27.0. The Hall–Kier alpha value is -2.19. The number of carbonyl (C=O) groups is 1. The number of amides is 2. The zero-order valence-electron chi connectivity index (χ0n) is 14.4. The van der Waals surface area contributed by atoms with Gasteiger partial charge in [0.1, 0.15) is 0 Å². The molecule has 0 aromatic heterocycles. The quantitative estimate of drug-likeness (QED) is 0.632. The molecular formula is C16H25N5O3. The number of anilines is 1. The number of benzene rings is 1. The van der Waals surface area contributed by atoms with Crippen LogP contribution in [-0.4, -0.2) is 66.1 Å². The average Bonchev–Trinajstić information content (AvgIpc) is 2.54. The van der Waals surface area contributed by atoms with Gasteiger partial charge in [0.2, 0.25) is 0 Å². The van der Waals surface area contributed by atoms with Gasteiger partial charge in [-0.05, 0) is 27.0 Å². The van der Waals surface area contributed by atoms with Crippen LogP contribution < -0.4 is 10.6 Å². The van der Waals surface area contributed by atoms with E-state index in [1.165, 1.54) is 12.1 Å². The van der Waals surface area contributed by atoms with Crippen molar-refractivity contribution in [2.24, 2.45) is 0 Å². The summed E-state index contributed by atoms with van der Waals surface area (Å²) in [6, 6.07) is 5.53. The van der Waals surface area contributed by atoms with Crippen molar-refractivity contribution < 1.29 is 9.72 Å². The standard InChI is InChI=1S/C16H25N5O3/c1-16(2,20-9-7-19(3)8-10-20)12-17-15(22)18-13-5-4-6-14(11-13)21(23)24/h4-6,11H,7-10,12H2,1-3H3,(H2,17,18,22). The highest BCUT2D eigenvalue weighted by molar-refractivity contribution is 5.89. The van der Waals surface area contributed by atoms with Gasteiger partial charge >= 0.3 is 6.03 Å². The van der Waals surface area contributed by atoms with Crippen LogP contribution in [0.3, 0.4) is 0 Å². The largest absolute Gasteiger partial charge is 0.336 e. The fourth-order valence-electron chi connectivity index (χ4n) is 2.69. The number of hydrogen-bond donors (Lipinski definition) is 2. The van der Waals surface area contributed by atoms with Crippen molar-refractivity contribution in [3.05, 3.63) is 34.4 Å². The molecule has 1 fully saturated rings. The predicted molar refractivity (Wildman–Crippen MR) is 93.3 cm³/mol. The number of non-ortho nitro benzene ring substituents is 1. The Labute approximate surface area is 142 Å². The number of likely N-dealkylation sites (N-methyl/N-ethyl adjacent to an activating group) is 1. The minimum atomic E-state index is -0.487. The molecule has 1 saturated heterocycles. The lowest BCUT2D eigenvalue weighted by Crippen LogP contribution is -2.58. The zero-order valence-corrected chi connectivity index (χ0v) is 14.4. The Morgan fingerprint density at radius 3 is 2.58 bits per heavy atom. The molecule has 0 bridgehead atoms. The number of nitro benzene ring substituents is 1. The van der Waals surface area contributed by atoms with E-state index in [2.05, 4.69) is 41.3 Å². The highest BCUT2D eigenvalue weighted by Crippen LogP contribution is 2.18. The van der Waals surface area contributed by atoms with E-state index in [4.69, 9.17) is 0 Å². The van der Waals surface area contributed by atoms with Crippen molar-refractivity contribution in [1.82, 2.24) is 15.1 Å². The Kier molecular flexibility index (Phi) is 5.74. The Morgan fingerprint density at radius 2 is 1.96 bits per heavy atom. The molecule has 8 nitrogen and oxygen atoms in total. The van der Waals surface area contributed by atoms with E-state index in [1.807, 2.05) is 0 Å². The highest BCUT2D eigenvalue weighted by atomic mass is 16.6. The van der Waals surface area contributed by atoms with Crippen LogP contribution >= 0.6 is 0 Å². The fraction of sp³-hybridized carbons (Fsp3) is 0.562. The number of nitro groups is 1. The maximum atomic E-state index is 12.1. The minimum Gasteiger partial charge on any atom is -0.336 e. The van der Waals surface area contributed by atoms with Gasteiger partial charge in [-0.15, -0.1) is 0 Å². The second-order valence-corrected chi connectivity index (χ2v) is 6.72.